The molecule has 0 radical (unpaired) electrons. The second kappa shape index (κ2) is 9.87. The van der Waals surface area contributed by atoms with E-state index in [4.69, 9.17) is 0 Å². The standard InChI is InChI=1S/C26H27F3N4O4/c1-25(2,3)22(24(36)30-16-10-11-16)31-23(35)21-18-6-4-5-7-19(18)33(32-21)14-20(34)15-8-12-17(13-9-15)37-26(27,28)29/h4-9,12-13,16,22H,10-11,14H2,1-3H3,(H,30,36)(H,31,35)/t22-/m1/s1. The van der Waals surface area contributed by atoms with Gasteiger partial charge in [-0.2, -0.15) is 5.10 Å². The number of hydrogen-bond donors (Lipinski definition) is 2. The van der Waals surface area contributed by atoms with E-state index in [9.17, 15) is 27.6 Å². The van der Waals surface area contributed by atoms with Crippen LogP contribution in [0.1, 0.15) is 54.5 Å². The molecule has 3 aromatic rings. The largest absolute Gasteiger partial charge is 0.573 e. The van der Waals surface area contributed by atoms with Crippen LogP contribution in [0.25, 0.3) is 10.9 Å². The van der Waals surface area contributed by atoms with E-state index in [1.54, 1.807) is 24.3 Å². The number of alkyl halides is 3. The van der Waals surface area contributed by atoms with Gasteiger partial charge >= 0.3 is 6.36 Å². The van der Waals surface area contributed by atoms with E-state index in [1.165, 1.54) is 16.8 Å². The van der Waals surface area contributed by atoms with E-state index in [1.807, 2.05) is 20.8 Å². The topological polar surface area (TPSA) is 102 Å². The summed E-state index contributed by atoms with van der Waals surface area (Å²) >= 11 is 0. The number of nitrogens with zero attached hydrogens (tertiary/aromatic N) is 2. The highest BCUT2D eigenvalue weighted by Gasteiger charge is 2.36. The summed E-state index contributed by atoms with van der Waals surface area (Å²) in [5, 5.41) is 10.6. The fourth-order valence-corrected chi connectivity index (χ4v) is 3.87. The molecule has 2 amide bonds. The molecule has 2 aromatic carbocycles. The number of carbonyl (C=O) groups is 3. The van der Waals surface area contributed by atoms with Crippen molar-refractivity contribution in [3.63, 3.8) is 0 Å². The summed E-state index contributed by atoms with van der Waals surface area (Å²) in [4.78, 5) is 39.0. The second-order valence-electron chi connectivity index (χ2n) is 10.1. The number of hydrogen-bond acceptors (Lipinski definition) is 5. The quantitative estimate of drug-likeness (QED) is 0.436. The van der Waals surface area contributed by atoms with Crippen molar-refractivity contribution in [2.75, 3.05) is 0 Å². The van der Waals surface area contributed by atoms with E-state index < -0.39 is 35.3 Å². The minimum Gasteiger partial charge on any atom is -0.406 e. The Balaban J connectivity index is 1.55. The van der Waals surface area contributed by atoms with Gasteiger partial charge in [-0.05, 0) is 48.6 Å². The van der Waals surface area contributed by atoms with Crippen molar-refractivity contribution in [2.45, 2.75) is 58.6 Å². The van der Waals surface area contributed by atoms with Crippen LogP contribution in [0.5, 0.6) is 5.75 Å². The van der Waals surface area contributed by atoms with E-state index in [0.717, 1.165) is 25.0 Å². The zero-order chi connectivity index (χ0) is 27.0. The summed E-state index contributed by atoms with van der Waals surface area (Å²) in [6.07, 6.45) is -3.00. The van der Waals surface area contributed by atoms with Crippen molar-refractivity contribution in [1.82, 2.24) is 20.4 Å². The summed E-state index contributed by atoms with van der Waals surface area (Å²) in [5.41, 5.74) is 0.175. The van der Waals surface area contributed by atoms with Crippen molar-refractivity contribution in [1.29, 1.82) is 0 Å². The molecule has 0 bridgehead atoms. The first-order valence-electron chi connectivity index (χ1n) is 11.8. The van der Waals surface area contributed by atoms with Crippen LogP contribution in [0.15, 0.2) is 48.5 Å². The molecule has 2 N–H and O–H groups in total. The fraction of sp³-hybridized carbons (Fsp3) is 0.385. The highest BCUT2D eigenvalue weighted by atomic mass is 19.4. The minimum absolute atomic E-state index is 0.0609. The molecular weight excluding hydrogens is 489 g/mol. The molecule has 1 aliphatic rings. The van der Waals surface area contributed by atoms with E-state index in [2.05, 4.69) is 20.5 Å². The first-order chi connectivity index (χ1) is 17.3. The van der Waals surface area contributed by atoms with Crippen LogP contribution in [0.2, 0.25) is 0 Å². The SMILES string of the molecule is CC(C)(C)[C@H](NC(=O)c1nn(CC(=O)c2ccc(OC(F)(F)F)cc2)c2ccccc12)C(=O)NC1CC1. The molecule has 1 heterocycles. The normalized spacial score (nSPS) is 14.8. The van der Waals surface area contributed by atoms with Crippen LogP contribution in [-0.4, -0.2) is 45.8 Å². The third-order valence-electron chi connectivity index (χ3n) is 5.90. The Morgan fingerprint density at radius 2 is 1.70 bits per heavy atom. The van der Waals surface area contributed by atoms with Gasteiger partial charge in [0.15, 0.2) is 11.5 Å². The molecule has 11 heteroatoms. The van der Waals surface area contributed by atoms with Crippen molar-refractivity contribution in [3.05, 3.63) is 59.8 Å². The predicted octanol–water partition coefficient (Wildman–Crippen LogP) is 4.24. The lowest BCUT2D eigenvalue weighted by molar-refractivity contribution is -0.274. The Kier molecular flexibility index (Phi) is 6.98. The number of Topliss-reactive ketones (excluding diaryl/α,β-unsaturated/α-hetero) is 1. The molecule has 37 heavy (non-hydrogen) atoms. The molecule has 1 atom stereocenters. The zero-order valence-electron chi connectivity index (χ0n) is 20.6. The van der Waals surface area contributed by atoms with Gasteiger partial charge in [0, 0.05) is 17.0 Å². The number of carbonyl (C=O) groups excluding carboxylic acids is 3. The Morgan fingerprint density at radius 3 is 2.30 bits per heavy atom. The molecule has 0 aliphatic heterocycles. The number of nitrogens with one attached hydrogen (secondary N) is 2. The molecule has 8 nitrogen and oxygen atoms in total. The predicted molar refractivity (Wildman–Crippen MR) is 129 cm³/mol. The number of ketones is 1. The maximum atomic E-state index is 13.3. The van der Waals surface area contributed by atoms with Crippen LogP contribution >= 0.6 is 0 Å². The first-order valence-corrected chi connectivity index (χ1v) is 11.8. The summed E-state index contributed by atoms with van der Waals surface area (Å²) in [5.74, 6) is -1.68. The molecule has 196 valence electrons. The number of amides is 2. The van der Waals surface area contributed by atoms with Crippen LogP contribution in [0, 0.1) is 5.41 Å². The Hall–Kier alpha value is -3.89. The monoisotopic (exact) mass is 516 g/mol. The van der Waals surface area contributed by atoms with Gasteiger partial charge in [-0.3, -0.25) is 19.1 Å². The molecule has 0 spiro atoms. The number of aromatic nitrogens is 2. The van der Waals surface area contributed by atoms with Crippen LogP contribution in [0.3, 0.4) is 0 Å². The Bertz CT molecular complexity index is 1320. The highest BCUT2D eigenvalue weighted by Crippen LogP contribution is 2.26. The summed E-state index contributed by atoms with van der Waals surface area (Å²) < 4.78 is 42.4. The van der Waals surface area contributed by atoms with Crippen molar-refractivity contribution >= 4 is 28.5 Å². The molecular formula is C26H27F3N4O4. The third kappa shape index (κ3) is 6.46. The molecule has 0 unspecified atom stereocenters. The molecule has 1 fully saturated rings. The third-order valence-corrected chi connectivity index (χ3v) is 5.90. The maximum Gasteiger partial charge on any atom is 0.573 e. The number of halogens is 3. The van der Waals surface area contributed by atoms with Crippen molar-refractivity contribution in [3.8, 4) is 5.75 Å². The van der Waals surface area contributed by atoms with E-state index in [-0.39, 0.29) is 29.8 Å². The van der Waals surface area contributed by atoms with E-state index in [0.29, 0.717) is 10.9 Å². The molecule has 1 aromatic heterocycles. The lowest BCUT2D eigenvalue weighted by Gasteiger charge is -2.30. The molecule has 1 aliphatic carbocycles. The number of rotatable bonds is 8. The van der Waals surface area contributed by atoms with Gasteiger partial charge in [0.1, 0.15) is 18.3 Å². The zero-order valence-corrected chi connectivity index (χ0v) is 20.6. The number of fused-ring (bicyclic) bond motifs is 1. The maximum absolute atomic E-state index is 13.3. The van der Waals surface area contributed by atoms with Crippen LogP contribution in [0.4, 0.5) is 13.2 Å². The van der Waals surface area contributed by atoms with Crippen molar-refractivity contribution in [2.24, 2.45) is 5.41 Å². The average molecular weight is 517 g/mol. The highest BCUT2D eigenvalue weighted by molar-refractivity contribution is 6.07. The smallest absolute Gasteiger partial charge is 0.406 e. The first kappa shape index (κ1) is 26.2. The van der Waals surface area contributed by atoms with Crippen LogP contribution in [-0.2, 0) is 11.3 Å². The van der Waals surface area contributed by atoms with Crippen molar-refractivity contribution < 1.29 is 32.3 Å². The van der Waals surface area contributed by atoms with Gasteiger partial charge in [-0.15, -0.1) is 13.2 Å². The van der Waals surface area contributed by atoms with E-state index >= 15 is 0 Å². The summed E-state index contributed by atoms with van der Waals surface area (Å²) in [6.45, 7) is 5.30. The summed E-state index contributed by atoms with van der Waals surface area (Å²) in [6, 6.07) is 10.8. The second-order valence-corrected chi connectivity index (χ2v) is 10.1. The fourth-order valence-electron chi connectivity index (χ4n) is 3.87. The summed E-state index contributed by atoms with van der Waals surface area (Å²) in [7, 11) is 0. The van der Waals surface area contributed by atoms with Gasteiger partial charge in [0.05, 0.1) is 5.52 Å². The molecule has 4 rings (SSSR count). The average Bonchev–Trinajstić information content (AvgIpc) is 3.55. The van der Waals surface area contributed by atoms with Gasteiger partial charge < -0.3 is 15.4 Å². The Morgan fingerprint density at radius 1 is 1.05 bits per heavy atom. The van der Waals surface area contributed by atoms with Gasteiger partial charge in [-0.25, -0.2) is 0 Å². The van der Waals surface area contributed by atoms with Gasteiger partial charge in [0.25, 0.3) is 5.91 Å². The van der Waals surface area contributed by atoms with Crippen LogP contribution < -0.4 is 15.4 Å². The number of ether oxygens (including phenoxy) is 1. The molecule has 1 saturated carbocycles. The number of para-hydroxylation sites is 1. The lowest BCUT2D eigenvalue weighted by atomic mass is 9.86. The Labute approximate surface area is 211 Å². The number of benzene rings is 2. The molecule has 0 saturated heterocycles. The minimum atomic E-state index is -4.83. The van der Waals surface area contributed by atoms with Gasteiger partial charge in [-0.1, -0.05) is 39.0 Å². The van der Waals surface area contributed by atoms with Gasteiger partial charge in [0.2, 0.25) is 5.91 Å². The lowest BCUT2D eigenvalue weighted by Crippen LogP contribution is -2.54.